The van der Waals surface area contributed by atoms with Crippen LogP contribution >= 0.6 is 0 Å². The first-order valence-electron chi connectivity index (χ1n) is 3.33. The lowest BCUT2D eigenvalue weighted by molar-refractivity contribution is 0.101. The van der Waals surface area contributed by atoms with Crippen molar-refractivity contribution in [2.24, 2.45) is 5.92 Å². The molecule has 0 heterocycles. The fourth-order valence-electron chi connectivity index (χ4n) is 0.931. The Balaban J connectivity index is 2.52. The van der Waals surface area contributed by atoms with Crippen LogP contribution in [0.15, 0.2) is 23.8 Å². The van der Waals surface area contributed by atoms with E-state index >= 15 is 0 Å². The second kappa shape index (κ2) is 2.95. The van der Waals surface area contributed by atoms with E-state index in [4.69, 9.17) is 0 Å². The highest BCUT2D eigenvalue weighted by Crippen LogP contribution is 2.21. The van der Waals surface area contributed by atoms with Crippen molar-refractivity contribution in [2.45, 2.75) is 19.8 Å². The van der Waals surface area contributed by atoms with Crippen LogP contribution in [0.4, 0.5) is 8.78 Å². The van der Waals surface area contributed by atoms with Gasteiger partial charge in [0.25, 0.3) is 0 Å². The largest absolute Gasteiger partial charge is 0.245 e. The molecule has 2 heteroatoms. The summed E-state index contributed by atoms with van der Waals surface area (Å²) in [7, 11) is 0. The molecule has 1 rings (SSSR count). The van der Waals surface area contributed by atoms with Crippen molar-refractivity contribution in [1.82, 2.24) is 0 Å². The van der Waals surface area contributed by atoms with E-state index in [0.717, 1.165) is 5.57 Å². The maximum Gasteiger partial charge on any atom is 0.245 e. The molecule has 1 atom stereocenters. The minimum absolute atomic E-state index is 0.486. The summed E-state index contributed by atoms with van der Waals surface area (Å²) in [6.07, 6.45) is 3.46. The van der Waals surface area contributed by atoms with Gasteiger partial charge in [-0.3, -0.25) is 0 Å². The van der Waals surface area contributed by atoms with Crippen LogP contribution < -0.4 is 0 Å². The van der Waals surface area contributed by atoms with E-state index < -0.39 is 12.3 Å². The molecule has 0 saturated heterocycles. The van der Waals surface area contributed by atoms with E-state index in [1.807, 2.05) is 13.0 Å². The van der Waals surface area contributed by atoms with E-state index in [-0.39, 0.29) is 0 Å². The average molecular weight is 144 g/mol. The molecule has 10 heavy (non-hydrogen) atoms. The predicted octanol–water partition coefficient (Wildman–Crippen LogP) is 2.77. The van der Waals surface area contributed by atoms with Crippen molar-refractivity contribution in [2.75, 3.05) is 0 Å². The molecule has 0 radical (unpaired) electrons. The normalized spacial score (nSPS) is 25.2. The summed E-state index contributed by atoms with van der Waals surface area (Å²) < 4.78 is 23.9. The molecule has 0 aromatic carbocycles. The minimum Gasteiger partial charge on any atom is -0.210 e. The topological polar surface area (TPSA) is 0 Å². The molecule has 0 saturated carbocycles. The second-order valence-corrected chi connectivity index (χ2v) is 2.54. The minimum atomic E-state index is -2.21. The van der Waals surface area contributed by atoms with Gasteiger partial charge >= 0.3 is 0 Å². The van der Waals surface area contributed by atoms with Gasteiger partial charge < -0.3 is 0 Å². The van der Waals surface area contributed by atoms with Gasteiger partial charge in [0.15, 0.2) is 0 Å². The lowest BCUT2D eigenvalue weighted by atomic mass is 9.98. The lowest BCUT2D eigenvalue weighted by Gasteiger charge is -2.12. The highest BCUT2D eigenvalue weighted by Gasteiger charge is 2.17. The van der Waals surface area contributed by atoms with Crippen LogP contribution in [0.2, 0.25) is 0 Å². The van der Waals surface area contributed by atoms with Gasteiger partial charge in [-0.15, -0.1) is 0 Å². The fraction of sp³-hybridized carbons (Fsp3) is 0.500. The van der Waals surface area contributed by atoms with Crippen LogP contribution in [0.1, 0.15) is 13.3 Å². The van der Waals surface area contributed by atoms with Crippen molar-refractivity contribution in [3.05, 3.63) is 23.8 Å². The SMILES string of the molecule is CC1=CCC(C(F)F)C=C1. The monoisotopic (exact) mass is 144 g/mol. The van der Waals surface area contributed by atoms with Gasteiger partial charge in [0.1, 0.15) is 0 Å². The van der Waals surface area contributed by atoms with Crippen LogP contribution in [0, 0.1) is 5.92 Å². The summed E-state index contributed by atoms with van der Waals surface area (Å²) in [5.74, 6) is -0.552. The summed E-state index contributed by atoms with van der Waals surface area (Å²) >= 11 is 0. The van der Waals surface area contributed by atoms with Gasteiger partial charge in [0.2, 0.25) is 6.43 Å². The smallest absolute Gasteiger partial charge is 0.210 e. The Morgan fingerprint density at radius 3 is 2.70 bits per heavy atom. The Labute approximate surface area is 59.2 Å². The summed E-state index contributed by atoms with van der Waals surface area (Å²) in [6, 6.07) is 0. The van der Waals surface area contributed by atoms with Gasteiger partial charge in [0, 0.05) is 5.92 Å². The Morgan fingerprint density at radius 1 is 1.60 bits per heavy atom. The zero-order valence-corrected chi connectivity index (χ0v) is 5.85. The Kier molecular flexibility index (Phi) is 2.20. The molecule has 1 unspecified atom stereocenters. The fourth-order valence-corrected chi connectivity index (χ4v) is 0.931. The van der Waals surface area contributed by atoms with Gasteiger partial charge in [-0.25, -0.2) is 8.78 Å². The van der Waals surface area contributed by atoms with Crippen molar-refractivity contribution >= 4 is 0 Å². The van der Waals surface area contributed by atoms with E-state index in [1.165, 1.54) is 0 Å². The molecule has 1 aliphatic carbocycles. The highest BCUT2D eigenvalue weighted by atomic mass is 19.3. The molecule has 0 aromatic rings. The van der Waals surface area contributed by atoms with E-state index in [0.29, 0.717) is 6.42 Å². The maximum atomic E-state index is 12.0. The number of halogens is 2. The lowest BCUT2D eigenvalue weighted by Crippen LogP contribution is -2.09. The molecular weight excluding hydrogens is 134 g/mol. The number of alkyl halides is 2. The number of rotatable bonds is 1. The summed E-state index contributed by atoms with van der Waals surface area (Å²) in [4.78, 5) is 0. The van der Waals surface area contributed by atoms with E-state index in [9.17, 15) is 8.78 Å². The molecule has 0 bridgehead atoms. The summed E-state index contributed by atoms with van der Waals surface area (Å²) in [6.45, 7) is 1.91. The van der Waals surface area contributed by atoms with Crippen LogP contribution in [0.3, 0.4) is 0 Å². The standard InChI is InChI=1S/C8H10F2/c1-6-2-4-7(5-3-6)8(9)10/h2-4,7-8H,5H2,1H3. The van der Waals surface area contributed by atoms with Crippen LogP contribution in [0.25, 0.3) is 0 Å². The molecule has 56 valence electrons. The Hall–Kier alpha value is -0.660. The third-order valence-electron chi connectivity index (χ3n) is 1.64. The summed E-state index contributed by atoms with van der Waals surface area (Å²) in [5.41, 5.74) is 1.08. The van der Waals surface area contributed by atoms with E-state index in [1.54, 1.807) is 12.2 Å². The van der Waals surface area contributed by atoms with Gasteiger partial charge in [-0.1, -0.05) is 23.8 Å². The van der Waals surface area contributed by atoms with Crippen LogP contribution in [0.5, 0.6) is 0 Å². The summed E-state index contributed by atoms with van der Waals surface area (Å²) in [5, 5.41) is 0. The van der Waals surface area contributed by atoms with Gasteiger partial charge in [0.05, 0.1) is 0 Å². The van der Waals surface area contributed by atoms with Crippen molar-refractivity contribution in [1.29, 1.82) is 0 Å². The second-order valence-electron chi connectivity index (χ2n) is 2.54. The van der Waals surface area contributed by atoms with Crippen molar-refractivity contribution in [3.63, 3.8) is 0 Å². The zero-order valence-electron chi connectivity index (χ0n) is 5.85. The van der Waals surface area contributed by atoms with Crippen molar-refractivity contribution in [3.8, 4) is 0 Å². The highest BCUT2D eigenvalue weighted by molar-refractivity contribution is 5.21. The maximum absolute atomic E-state index is 12.0. The first kappa shape index (κ1) is 7.45. The van der Waals surface area contributed by atoms with E-state index in [2.05, 4.69) is 0 Å². The quantitative estimate of drug-likeness (QED) is 0.530. The Morgan fingerprint density at radius 2 is 2.30 bits per heavy atom. The Bertz CT molecular complexity index is 168. The zero-order chi connectivity index (χ0) is 7.56. The van der Waals surface area contributed by atoms with Gasteiger partial charge in [-0.05, 0) is 13.3 Å². The van der Waals surface area contributed by atoms with Crippen LogP contribution in [-0.4, -0.2) is 6.43 Å². The third kappa shape index (κ3) is 1.66. The van der Waals surface area contributed by atoms with Crippen molar-refractivity contribution < 1.29 is 8.78 Å². The first-order chi connectivity index (χ1) is 4.70. The molecule has 0 amide bonds. The third-order valence-corrected chi connectivity index (χ3v) is 1.64. The molecule has 0 aromatic heterocycles. The number of hydrogen-bond donors (Lipinski definition) is 0. The average Bonchev–Trinajstić information content (AvgIpc) is 1.88. The molecule has 0 nitrogen and oxygen atoms in total. The molecule has 0 N–H and O–H groups in total. The molecule has 0 aliphatic heterocycles. The van der Waals surface area contributed by atoms with Crippen LogP contribution in [-0.2, 0) is 0 Å². The first-order valence-corrected chi connectivity index (χ1v) is 3.33. The number of hydrogen-bond acceptors (Lipinski definition) is 0. The molecule has 1 aliphatic rings. The molecule has 0 spiro atoms. The van der Waals surface area contributed by atoms with Gasteiger partial charge in [-0.2, -0.15) is 0 Å². The molecular formula is C8H10F2. The molecule has 0 fully saturated rings. The number of allylic oxidation sites excluding steroid dienone is 4. The predicted molar refractivity (Wildman–Crippen MR) is 37.0 cm³/mol.